The number of sulfone groups is 1. The molecule has 2 heterocycles. The van der Waals surface area contributed by atoms with Crippen molar-refractivity contribution in [1.29, 1.82) is 0 Å². The minimum atomic E-state index is -3.30. The molecular formula is C20H21N3O3S. The second-order valence-corrected chi connectivity index (χ2v) is 9.87. The lowest BCUT2D eigenvalue weighted by molar-refractivity contribution is 0.601. The van der Waals surface area contributed by atoms with Crippen LogP contribution >= 0.6 is 0 Å². The minimum absolute atomic E-state index is 0.0141. The van der Waals surface area contributed by atoms with E-state index in [0.29, 0.717) is 28.0 Å². The molecule has 0 bridgehead atoms. The molecule has 0 radical (unpaired) electrons. The Bertz CT molecular complexity index is 1250. The zero-order valence-electron chi connectivity index (χ0n) is 15.3. The predicted molar refractivity (Wildman–Crippen MR) is 103 cm³/mol. The fraction of sp³-hybridized carbons (Fsp3) is 0.400. The second kappa shape index (κ2) is 5.55. The van der Waals surface area contributed by atoms with E-state index in [1.54, 1.807) is 29.7 Å². The van der Waals surface area contributed by atoms with Crippen molar-refractivity contribution in [1.82, 2.24) is 14.8 Å². The Kier molecular flexibility index (Phi) is 3.44. The van der Waals surface area contributed by atoms with Gasteiger partial charge in [-0.15, -0.1) is 0 Å². The molecule has 0 aliphatic heterocycles. The Labute approximate surface area is 157 Å². The van der Waals surface area contributed by atoms with Crippen LogP contribution < -0.4 is 5.56 Å². The van der Waals surface area contributed by atoms with Gasteiger partial charge in [0.2, 0.25) is 0 Å². The Hall–Kier alpha value is -2.41. The molecule has 2 aliphatic carbocycles. The van der Waals surface area contributed by atoms with Gasteiger partial charge in [0, 0.05) is 23.4 Å². The fourth-order valence-electron chi connectivity index (χ4n) is 3.91. The predicted octanol–water partition coefficient (Wildman–Crippen LogP) is 3.18. The van der Waals surface area contributed by atoms with E-state index < -0.39 is 9.84 Å². The molecule has 1 N–H and O–H groups in total. The number of rotatable bonds is 4. The molecule has 27 heavy (non-hydrogen) atoms. The third kappa shape index (κ3) is 2.72. The Morgan fingerprint density at radius 1 is 1.11 bits per heavy atom. The molecule has 2 aromatic heterocycles. The molecule has 0 saturated heterocycles. The van der Waals surface area contributed by atoms with Crippen LogP contribution in [0.5, 0.6) is 0 Å². The zero-order valence-corrected chi connectivity index (χ0v) is 16.1. The lowest BCUT2D eigenvalue weighted by Crippen LogP contribution is -2.23. The van der Waals surface area contributed by atoms with E-state index in [2.05, 4.69) is 10.2 Å². The van der Waals surface area contributed by atoms with Gasteiger partial charge in [0.05, 0.1) is 21.6 Å². The summed E-state index contributed by atoms with van der Waals surface area (Å²) in [5.41, 5.74) is 4.79. The minimum Gasteiger partial charge on any atom is -0.276 e. The third-order valence-corrected chi connectivity index (χ3v) is 6.82. The monoisotopic (exact) mass is 383 g/mol. The van der Waals surface area contributed by atoms with Crippen LogP contribution in [0.15, 0.2) is 34.0 Å². The molecule has 6 nitrogen and oxygen atoms in total. The average Bonchev–Trinajstić information content (AvgIpc) is 3.51. The number of H-pyrrole nitrogens is 1. The van der Waals surface area contributed by atoms with Gasteiger partial charge in [0.25, 0.3) is 5.56 Å². The first kappa shape index (κ1) is 16.7. The molecule has 3 aromatic rings. The Balaban J connectivity index is 1.81. The van der Waals surface area contributed by atoms with Crippen molar-refractivity contribution in [2.75, 3.05) is 6.26 Å². The molecule has 1 aromatic carbocycles. The number of nitrogens with zero attached hydrogens (tertiary/aromatic N) is 2. The summed E-state index contributed by atoms with van der Waals surface area (Å²) in [5, 5.41) is 7.62. The maximum absolute atomic E-state index is 13.4. The number of nitrogens with one attached hydrogen (secondary N) is 1. The fourth-order valence-corrected chi connectivity index (χ4v) is 4.87. The third-order valence-electron chi connectivity index (χ3n) is 5.57. The summed E-state index contributed by atoms with van der Waals surface area (Å²) in [6.45, 7) is 1.77. The SMILES string of the molecule is Cc1cc(-n2c(=O)c(C3CC3)cc3[nH]nc(C4CC4)c32)ccc1S(C)(=O)=O. The molecule has 7 heteroatoms. The van der Waals surface area contributed by atoms with Crippen LogP contribution in [0, 0.1) is 6.92 Å². The summed E-state index contributed by atoms with van der Waals surface area (Å²) in [6.07, 6.45) is 5.45. The van der Waals surface area contributed by atoms with E-state index in [1.165, 1.54) is 6.26 Å². The van der Waals surface area contributed by atoms with E-state index in [9.17, 15) is 13.2 Å². The van der Waals surface area contributed by atoms with E-state index in [1.807, 2.05) is 6.07 Å². The molecule has 2 aliphatic rings. The standard InChI is InChI=1S/C20H21N3O3S/c1-11-9-14(7-8-17(11)27(2,25)26)23-19-16(21-22-18(19)13-5-6-13)10-15(20(23)24)12-3-4-12/h7-10,12-13H,3-6H2,1-2H3,(H,21,22). The van der Waals surface area contributed by atoms with Crippen LogP contribution in [0.25, 0.3) is 16.7 Å². The average molecular weight is 383 g/mol. The van der Waals surface area contributed by atoms with Gasteiger partial charge in [-0.05, 0) is 68.4 Å². The van der Waals surface area contributed by atoms with Gasteiger partial charge in [-0.1, -0.05) is 0 Å². The van der Waals surface area contributed by atoms with Crippen molar-refractivity contribution >= 4 is 20.9 Å². The number of fused-ring (bicyclic) bond motifs is 1. The lowest BCUT2D eigenvalue weighted by Gasteiger charge is -2.13. The molecule has 0 amide bonds. The summed E-state index contributed by atoms with van der Waals surface area (Å²) in [7, 11) is -3.30. The molecule has 140 valence electrons. The molecule has 0 atom stereocenters. The molecular weight excluding hydrogens is 362 g/mol. The number of aromatic nitrogens is 3. The number of aromatic amines is 1. The van der Waals surface area contributed by atoms with Crippen molar-refractivity contribution in [3.63, 3.8) is 0 Å². The molecule has 0 spiro atoms. The Morgan fingerprint density at radius 3 is 2.41 bits per heavy atom. The van der Waals surface area contributed by atoms with Gasteiger partial charge >= 0.3 is 0 Å². The maximum Gasteiger partial charge on any atom is 0.259 e. The summed E-state index contributed by atoms with van der Waals surface area (Å²) >= 11 is 0. The highest BCUT2D eigenvalue weighted by molar-refractivity contribution is 7.90. The summed E-state index contributed by atoms with van der Waals surface area (Å²) in [4.78, 5) is 13.6. The largest absolute Gasteiger partial charge is 0.276 e. The summed E-state index contributed by atoms with van der Waals surface area (Å²) < 4.78 is 25.7. The Morgan fingerprint density at radius 2 is 1.81 bits per heavy atom. The first-order chi connectivity index (χ1) is 12.8. The lowest BCUT2D eigenvalue weighted by atomic mass is 10.1. The van der Waals surface area contributed by atoms with Crippen molar-refractivity contribution < 1.29 is 8.42 Å². The van der Waals surface area contributed by atoms with Gasteiger partial charge < -0.3 is 0 Å². The number of hydrogen-bond donors (Lipinski definition) is 1. The van der Waals surface area contributed by atoms with Gasteiger partial charge in [0.1, 0.15) is 0 Å². The number of aryl methyl sites for hydroxylation is 1. The van der Waals surface area contributed by atoms with E-state index in [4.69, 9.17) is 0 Å². The molecule has 5 rings (SSSR count). The van der Waals surface area contributed by atoms with Crippen molar-refractivity contribution in [2.24, 2.45) is 0 Å². The maximum atomic E-state index is 13.4. The smallest absolute Gasteiger partial charge is 0.259 e. The van der Waals surface area contributed by atoms with Gasteiger partial charge in [-0.3, -0.25) is 14.5 Å². The zero-order chi connectivity index (χ0) is 18.9. The van der Waals surface area contributed by atoms with Crippen LogP contribution in [0.4, 0.5) is 0 Å². The van der Waals surface area contributed by atoms with Crippen molar-refractivity contribution in [3.8, 4) is 5.69 Å². The highest BCUT2D eigenvalue weighted by Crippen LogP contribution is 2.43. The van der Waals surface area contributed by atoms with Gasteiger partial charge in [-0.2, -0.15) is 5.10 Å². The number of pyridine rings is 1. The summed E-state index contributed by atoms with van der Waals surface area (Å²) in [6, 6.07) is 7.07. The highest BCUT2D eigenvalue weighted by atomic mass is 32.2. The van der Waals surface area contributed by atoms with E-state index in [-0.39, 0.29) is 5.56 Å². The van der Waals surface area contributed by atoms with Crippen LogP contribution in [0.1, 0.15) is 54.3 Å². The normalized spacial score (nSPS) is 17.6. The van der Waals surface area contributed by atoms with Crippen LogP contribution in [-0.4, -0.2) is 29.4 Å². The number of hydrogen-bond acceptors (Lipinski definition) is 4. The van der Waals surface area contributed by atoms with Gasteiger partial charge in [-0.25, -0.2) is 8.42 Å². The molecule has 0 unspecified atom stereocenters. The molecule has 2 fully saturated rings. The number of benzene rings is 1. The van der Waals surface area contributed by atoms with E-state index >= 15 is 0 Å². The quantitative estimate of drug-likeness (QED) is 0.750. The van der Waals surface area contributed by atoms with Crippen LogP contribution in [0.3, 0.4) is 0 Å². The topological polar surface area (TPSA) is 84.8 Å². The van der Waals surface area contributed by atoms with Crippen molar-refractivity contribution in [3.05, 3.63) is 51.4 Å². The first-order valence-electron chi connectivity index (χ1n) is 9.29. The molecule has 2 saturated carbocycles. The highest BCUT2D eigenvalue weighted by Gasteiger charge is 2.33. The first-order valence-corrected chi connectivity index (χ1v) is 11.2. The van der Waals surface area contributed by atoms with Crippen LogP contribution in [0.2, 0.25) is 0 Å². The summed E-state index contributed by atoms with van der Waals surface area (Å²) in [5.74, 6) is 0.713. The van der Waals surface area contributed by atoms with Crippen molar-refractivity contribution in [2.45, 2.75) is 49.3 Å². The van der Waals surface area contributed by atoms with Crippen LogP contribution in [-0.2, 0) is 9.84 Å². The second-order valence-electron chi connectivity index (χ2n) is 7.88. The van der Waals surface area contributed by atoms with E-state index in [0.717, 1.165) is 48.0 Å². The van der Waals surface area contributed by atoms with Gasteiger partial charge in [0.15, 0.2) is 9.84 Å².